The molecule has 0 fully saturated rings. The van der Waals surface area contributed by atoms with Crippen LogP contribution in [-0.2, 0) is 6.54 Å². The molecule has 0 radical (unpaired) electrons. The van der Waals surface area contributed by atoms with Gasteiger partial charge >= 0.3 is 0 Å². The van der Waals surface area contributed by atoms with Crippen molar-refractivity contribution in [1.29, 1.82) is 5.26 Å². The Morgan fingerprint density at radius 3 is 2.72 bits per heavy atom. The topological polar surface area (TPSA) is 48.7 Å². The number of nitriles is 1. The number of rotatable bonds is 3. The standard InChI is InChI=1S/C13H9Br2N3/c14-11-3-9(6-17-8-11)7-18-12-2-1-10(5-16)13(15)4-12/h1-4,6,8,18H,7H2. The van der Waals surface area contributed by atoms with Crippen LogP contribution < -0.4 is 5.32 Å². The van der Waals surface area contributed by atoms with Gasteiger partial charge in [0.15, 0.2) is 0 Å². The minimum atomic E-state index is 0.629. The van der Waals surface area contributed by atoms with Gasteiger partial charge in [-0.2, -0.15) is 5.26 Å². The zero-order valence-electron chi connectivity index (χ0n) is 9.32. The third-order valence-electron chi connectivity index (χ3n) is 2.35. The monoisotopic (exact) mass is 365 g/mol. The van der Waals surface area contributed by atoms with Gasteiger partial charge in [-0.15, -0.1) is 0 Å². The van der Waals surface area contributed by atoms with Crippen LogP contribution >= 0.6 is 31.9 Å². The molecule has 3 nitrogen and oxygen atoms in total. The van der Waals surface area contributed by atoms with Crippen molar-refractivity contribution < 1.29 is 0 Å². The van der Waals surface area contributed by atoms with E-state index in [4.69, 9.17) is 5.26 Å². The number of nitrogens with zero attached hydrogens (tertiary/aromatic N) is 2. The van der Waals surface area contributed by atoms with E-state index in [-0.39, 0.29) is 0 Å². The molecule has 90 valence electrons. The normalized spacial score (nSPS) is 9.83. The number of pyridine rings is 1. The van der Waals surface area contributed by atoms with E-state index in [1.807, 2.05) is 24.4 Å². The molecule has 2 rings (SSSR count). The van der Waals surface area contributed by atoms with E-state index >= 15 is 0 Å². The van der Waals surface area contributed by atoms with E-state index < -0.39 is 0 Å². The molecule has 0 unspecified atom stereocenters. The highest BCUT2D eigenvalue weighted by atomic mass is 79.9. The average molecular weight is 367 g/mol. The van der Waals surface area contributed by atoms with E-state index in [0.29, 0.717) is 12.1 Å². The third-order valence-corrected chi connectivity index (χ3v) is 3.44. The van der Waals surface area contributed by atoms with E-state index in [1.165, 1.54) is 0 Å². The second-order valence-corrected chi connectivity index (χ2v) is 5.44. The SMILES string of the molecule is N#Cc1ccc(NCc2cncc(Br)c2)cc1Br. The lowest BCUT2D eigenvalue weighted by atomic mass is 10.2. The molecule has 5 heteroatoms. The molecule has 1 heterocycles. The summed E-state index contributed by atoms with van der Waals surface area (Å²) in [7, 11) is 0. The lowest BCUT2D eigenvalue weighted by molar-refractivity contribution is 1.11. The number of benzene rings is 1. The van der Waals surface area contributed by atoms with E-state index in [9.17, 15) is 0 Å². The minimum absolute atomic E-state index is 0.629. The van der Waals surface area contributed by atoms with Crippen molar-refractivity contribution >= 4 is 37.5 Å². The third kappa shape index (κ3) is 3.31. The Morgan fingerprint density at radius 1 is 1.22 bits per heavy atom. The zero-order valence-corrected chi connectivity index (χ0v) is 12.5. The first kappa shape index (κ1) is 13.1. The van der Waals surface area contributed by atoms with Crippen LogP contribution in [0.2, 0.25) is 0 Å². The summed E-state index contributed by atoms with van der Waals surface area (Å²) < 4.78 is 1.75. The minimum Gasteiger partial charge on any atom is -0.381 e. The zero-order chi connectivity index (χ0) is 13.0. The van der Waals surface area contributed by atoms with Crippen molar-refractivity contribution in [2.75, 3.05) is 5.32 Å². The van der Waals surface area contributed by atoms with Crippen molar-refractivity contribution in [2.24, 2.45) is 0 Å². The van der Waals surface area contributed by atoms with Gasteiger partial charge in [0.05, 0.1) is 5.56 Å². The maximum absolute atomic E-state index is 8.83. The fraction of sp³-hybridized carbons (Fsp3) is 0.0769. The van der Waals surface area contributed by atoms with Crippen LogP contribution in [0.1, 0.15) is 11.1 Å². The molecular formula is C13H9Br2N3. The molecule has 0 aliphatic heterocycles. The number of aromatic nitrogens is 1. The van der Waals surface area contributed by atoms with Crippen LogP contribution in [0.25, 0.3) is 0 Å². The lowest BCUT2D eigenvalue weighted by Crippen LogP contribution is -2.00. The van der Waals surface area contributed by atoms with Gasteiger partial charge in [0.2, 0.25) is 0 Å². The van der Waals surface area contributed by atoms with E-state index in [1.54, 1.807) is 12.3 Å². The second kappa shape index (κ2) is 5.98. The van der Waals surface area contributed by atoms with E-state index in [2.05, 4.69) is 48.2 Å². The van der Waals surface area contributed by atoms with Crippen LogP contribution in [0.3, 0.4) is 0 Å². The predicted molar refractivity (Wildman–Crippen MR) is 78.1 cm³/mol. The maximum atomic E-state index is 8.83. The summed E-state index contributed by atoms with van der Waals surface area (Å²) in [5.74, 6) is 0. The lowest BCUT2D eigenvalue weighted by Gasteiger charge is -2.07. The molecule has 0 spiro atoms. The molecule has 0 atom stereocenters. The van der Waals surface area contributed by atoms with Gasteiger partial charge in [-0.05, 0) is 61.7 Å². The molecule has 0 aliphatic carbocycles. The Bertz CT molecular complexity index is 605. The van der Waals surface area contributed by atoms with Crippen molar-refractivity contribution in [1.82, 2.24) is 4.98 Å². The van der Waals surface area contributed by atoms with E-state index in [0.717, 1.165) is 20.2 Å². The summed E-state index contributed by atoms with van der Waals surface area (Å²) in [6.07, 6.45) is 3.57. The second-order valence-electron chi connectivity index (χ2n) is 3.67. The largest absolute Gasteiger partial charge is 0.381 e. The summed E-state index contributed by atoms with van der Waals surface area (Å²) in [6, 6.07) is 9.69. The van der Waals surface area contributed by atoms with Crippen LogP contribution in [-0.4, -0.2) is 4.98 Å². The summed E-state index contributed by atoms with van der Waals surface area (Å²) in [4.78, 5) is 4.10. The Labute approximate surface area is 122 Å². The number of halogens is 2. The highest BCUT2D eigenvalue weighted by Gasteiger charge is 2.01. The molecular weight excluding hydrogens is 358 g/mol. The Balaban J connectivity index is 2.07. The summed E-state index contributed by atoms with van der Waals surface area (Å²) in [5, 5.41) is 12.1. The summed E-state index contributed by atoms with van der Waals surface area (Å²) in [6.45, 7) is 0.685. The molecule has 1 aromatic carbocycles. The molecule has 1 aromatic heterocycles. The van der Waals surface area contributed by atoms with Crippen molar-refractivity contribution in [2.45, 2.75) is 6.54 Å². The van der Waals surface area contributed by atoms with Gasteiger partial charge < -0.3 is 5.32 Å². The van der Waals surface area contributed by atoms with Crippen LogP contribution in [0, 0.1) is 11.3 Å². The Morgan fingerprint density at radius 2 is 2.06 bits per heavy atom. The quantitative estimate of drug-likeness (QED) is 0.889. The number of nitrogens with one attached hydrogen (secondary N) is 1. The van der Waals surface area contributed by atoms with Gasteiger partial charge in [0, 0.05) is 33.6 Å². The highest BCUT2D eigenvalue weighted by Crippen LogP contribution is 2.21. The molecule has 0 aliphatic rings. The molecule has 1 N–H and O–H groups in total. The van der Waals surface area contributed by atoms with Crippen molar-refractivity contribution in [3.05, 3.63) is 56.7 Å². The van der Waals surface area contributed by atoms with Gasteiger partial charge in [0.1, 0.15) is 6.07 Å². The maximum Gasteiger partial charge on any atom is 0.100 e. The summed E-state index contributed by atoms with van der Waals surface area (Å²) in [5.41, 5.74) is 2.68. The molecule has 0 amide bonds. The average Bonchev–Trinajstić information content (AvgIpc) is 2.37. The number of hydrogen-bond acceptors (Lipinski definition) is 3. The summed E-state index contributed by atoms with van der Waals surface area (Å²) >= 11 is 6.75. The van der Waals surface area contributed by atoms with Gasteiger partial charge in [-0.25, -0.2) is 0 Å². The fourth-order valence-electron chi connectivity index (χ4n) is 1.47. The first-order valence-electron chi connectivity index (χ1n) is 5.22. The fourth-order valence-corrected chi connectivity index (χ4v) is 2.35. The number of anilines is 1. The van der Waals surface area contributed by atoms with Crippen LogP contribution in [0.15, 0.2) is 45.6 Å². The molecule has 2 aromatic rings. The van der Waals surface area contributed by atoms with Crippen molar-refractivity contribution in [3.8, 4) is 6.07 Å². The first-order chi connectivity index (χ1) is 8.69. The predicted octanol–water partition coefficient (Wildman–Crippen LogP) is 4.09. The molecule has 0 saturated heterocycles. The van der Waals surface area contributed by atoms with Crippen LogP contribution in [0.5, 0.6) is 0 Å². The van der Waals surface area contributed by atoms with Gasteiger partial charge in [0.25, 0.3) is 0 Å². The van der Waals surface area contributed by atoms with Gasteiger partial charge in [-0.3, -0.25) is 4.98 Å². The van der Waals surface area contributed by atoms with Crippen LogP contribution in [0.4, 0.5) is 5.69 Å². The van der Waals surface area contributed by atoms with Gasteiger partial charge in [-0.1, -0.05) is 0 Å². The number of hydrogen-bond donors (Lipinski definition) is 1. The molecule has 0 saturated carbocycles. The molecule has 18 heavy (non-hydrogen) atoms. The first-order valence-corrected chi connectivity index (χ1v) is 6.80. The highest BCUT2D eigenvalue weighted by molar-refractivity contribution is 9.10. The Kier molecular flexibility index (Phi) is 4.34. The van der Waals surface area contributed by atoms with Crippen molar-refractivity contribution in [3.63, 3.8) is 0 Å². The molecule has 0 bridgehead atoms. The smallest absolute Gasteiger partial charge is 0.100 e. The Hall–Kier alpha value is -1.38.